The molecule has 0 N–H and O–H groups in total. The molecule has 2 saturated carbocycles. The van der Waals surface area contributed by atoms with Crippen LogP contribution in [0.4, 0.5) is 0 Å². The van der Waals surface area contributed by atoms with Gasteiger partial charge < -0.3 is 4.89 Å². The molecule has 148 valence electrons. The van der Waals surface area contributed by atoms with Gasteiger partial charge in [-0.25, -0.2) is 0 Å². The summed E-state index contributed by atoms with van der Waals surface area (Å²) in [7, 11) is -4.92. The third-order valence-corrected chi connectivity index (χ3v) is 5.22. The molecule has 2 aliphatic carbocycles. The zero-order valence-electron chi connectivity index (χ0n) is 13.6. The third-order valence-electron chi connectivity index (χ3n) is 3.81. The van der Waals surface area contributed by atoms with Crippen molar-refractivity contribution < 1.29 is 45.9 Å². The Labute approximate surface area is 155 Å². The normalized spacial score (nSPS) is 20.8. The Morgan fingerprint density at radius 1 is 0.720 bits per heavy atom. The Morgan fingerprint density at radius 2 is 1.12 bits per heavy atom. The average Bonchev–Trinajstić information content (AvgIpc) is 2.63. The fourth-order valence-corrected chi connectivity index (χ4v) is 3.69. The van der Waals surface area contributed by atoms with Crippen LogP contribution in [0.1, 0.15) is 64.2 Å². The summed E-state index contributed by atoms with van der Waals surface area (Å²) in [5.74, 6) is 0. The van der Waals surface area contributed by atoms with Crippen molar-refractivity contribution in [3.8, 4) is 0 Å². The van der Waals surface area contributed by atoms with Gasteiger partial charge in [-0.15, -0.1) is 18.0 Å². The van der Waals surface area contributed by atoms with Crippen molar-refractivity contribution in [1.29, 1.82) is 0 Å². The van der Waals surface area contributed by atoms with E-state index in [2.05, 4.69) is 28.1 Å². The van der Waals surface area contributed by atoms with Crippen molar-refractivity contribution in [2.24, 2.45) is 0 Å². The lowest BCUT2D eigenvalue weighted by molar-refractivity contribution is -0.479. The molecule has 0 saturated heterocycles. The van der Waals surface area contributed by atoms with E-state index in [1.54, 1.807) is 0 Å². The van der Waals surface area contributed by atoms with Crippen molar-refractivity contribution in [3.05, 3.63) is 0 Å². The maximum atomic E-state index is 11.2. The Morgan fingerprint density at radius 3 is 1.52 bits per heavy atom. The second kappa shape index (κ2) is 12.9. The summed E-state index contributed by atoms with van der Waals surface area (Å²) < 4.78 is 38.3. The Kier molecular flexibility index (Phi) is 11.3. The van der Waals surface area contributed by atoms with Crippen LogP contribution in [0.5, 0.6) is 0 Å². The lowest BCUT2D eigenvalue weighted by atomic mass is 9.98. The second-order valence-corrected chi connectivity index (χ2v) is 7.84. The predicted molar refractivity (Wildman–Crippen MR) is 85.2 cm³/mol. The smallest absolute Gasteiger partial charge is 0.333 e. The van der Waals surface area contributed by atoms with E-state index in [0.717, 1.165) is 51.4 Å². The zero-order chi connectivity index (χ0) is 17.8. The van der Waals surface area contributed by atoms with E-state index in [-0.39, 0.29) is 12.2 Å². The largest absolute Gasteiger partial charge is 0.753 e. The topological polar surface area (TPSA) is 114 Å². The molecule has 0 heterocycles. The highest BCUT2D eigenvalue weighted by Crippen LogP contribution is 2.40. The first kappa shape index (κ1) is 21.9. The molecule has 13 heteroatoms. The van der Waals surface area contributed by atoms with Crippen LogP contribution in [0.2, 0.25) is 0 Å². The fraction of sp³-hybridized carbons (Fsp3) is 1.00. The molecule has 0 unspecified atom stereocenters. The lowest BCUT2D eigenvalue weighted by Crippen LogP contribution is -2.14. The van der Waals surface area contributed by atoms with Crippen LogP contribution < -0.4 is 4.89 Å². The maximum Gasteiger partial charge on any atom is 0.333 e. The van der Waals surface area contributed by atoms with Crippen LogP contribution >= 0.6 is 32.5 Å². The molecular weight excluding hydrogens is 399 g/mol. The minimum absolute atomic E-state index is 0.0515. The average molecular weight is 421 g/mol. The van der Waals surface area contributed by atoms with Crippen LogP contribution in [0.25, 0.3) is 0 Å². The van der Waals surface area contributed by atoms with Crippen molar-refractivity contribution in [2.75, 3.05) is 0 Å². The summed E-state index contributed by atoms with van der Waals surface area (Å²) in [6.07, 6.45) is 10.5. The molecule has 0 aromatic rings. The van der Waals surface area contributed by atoms with Gasteiger partial charge in [-0.3, -0.25) is 12.9 Å². The molecule has 0 amide bonds. The van der Waals surface area contributed by atoms with E-state index in [1.165, 1.54) is 12.8 Å². The van der Waals surface area contributed by atoms with Crippen LogP contribution in [-0.4, -0.2) is 12.2 Å². The first-order valence-electron chi connectivity index (χ1n) is 8.17. The Bertz CT molecular complexity index is 360. The molecule has 0 aliphatic heterocycles. The Balaban J connectivity index is 1.41. The predicted octanol–water partition coefficient (Wildman–Crippen LogP) is 4.04. The third kappa shape index (κ3) is 10.5. The fourth-order valence-electron chi connectivity index (χ4n) is 2.60. The van der Waals surface area contributed by atoms with Gasteiger partial charge in [-0.1, -0.05) is 38.5 Å². The van der Waals surface area contributed by atoms with Crippen molar-refractivity contribution in [2.45, 2.75) is 76.4 Å². The van der Waals surface area contributed by atoms with Gasteiger partial charge in [0.2, 0.25) is 0 Å². The van der Waals surface area contributed by atoms with Crippen LogP contribution in [0.3, 0.4) is 0 Å². The number of hydrogen-bond donors (Lipinski definition) is 0. The lowest BCUT2D eigenvalue weighted by Gasteiger charge is -2.20. The molecule has 2 aliphatic rings. The number of phosphoric acid groups is 1. The molecule has 2 rings (SSSR count). The molecule has 0 aromatic carbocycles. The van der Waals surface area contributed by atoms with Crippen molar-refractivity contribution in [1.82, 2.24) is 0 Å². The SMILES string of the molecule is O=P([O-])(OOOSOC1CCCCC1)OOOSOC1CCCCC1. The molecular formula is C12H22O10PS2-. The Hall–Kier alpha value is 0.570. The van der Waals surface area contributed by atoms with Gasteiger partial charge in [0.15, 0.2) is 24.6 Å². The highest BCUT2D eigenvalue weighted by atomic mass is 32.2. The summed E-state index contributed by atoms with van der Waals surface area (Å²) in [4.78, 5) is 11.2. The van der Waals surface area contributed by atoms with E-state index in [4.69, 9.17) is 8.37 Å². The minimum atomic E-state index is -4.92. The van der Waals surface area contributed by atoms with E-state index in [0.29, 0.717) is 24.6 Å². The molecule has 0 spiro atoms. The van der Waals surface area contributed by atoms with Crippen molar-refractivity contribution in [3.63, 3.8) is 0 Å². The van der Waals surface area contributed by atoms with Gasteiger partial charge in [0.05, 0.1) is 12.2 Å². The summed E-state index contributed by atoms with van der Waals surface area (Å²) in [6.45, 7) is 0. The van der Waals surface area contributed by atoms with E-state index in [9.17, 15) is 9.46 Å². The van der Waals surface area contributed by atoms with E-state index in [1.807, 2.05) is 0 Å². The van der Waals surface area contributed by atoms with Gasteiger partial charge in [-0.2, -0.15) is 0 Å². The second-order valence-electron chi connectivity index (χ2n) is 5.72. The van der Waals surface area contributed by atoms with Gasteiger partial charge in [0, 0.05) is 0 Å². The van der Waals surface area contributed by atoms with Gasteiger partial charge >= 0.3 is 7.82 Å². The monoisotopic (exact) mass is 421 g/mol. The van der Waals surface area contributed by atoms with Crippen LogP contribution in [-0.2, 0) is 41.0 Å². The van der Waals surface area contributed by atoms with E-state index < -0.39 is 7.82 Å². The summed E-state index contributed by atoms with van der Waals surface area (Å²) in [5, 5.41) is 8.01. The van der Waals surface area contributed by atoms with E-state index >= 15 is 0 Å². The summed E-state index contributed by atoms with van der Waals surface area (Å²) in [6, 6.07) is 0. The van der Waals surface area contributed by atoms with Gasteiger partial charge in [0.1, 0.15) is 0 Å². The minimum Gasteiger partial charge on any atom is -0.753 e. The standard InChI is InChI=1S/C12H23O10PS2/c13-23(14,19-17-21-24-15-11-7-3-1-4-8-11)20-18-22-25-16-12-9-5-2-6-10-12/h11-12H,1-10H2,(H,13,14)/p-1. The van der Waals surface area contributed by atoms with Gasteiger partial charge in [-0.05, 0) is 35.8 Å². The number of rotatable bonds is 12. The molecule has 0 radical (unpaired) electrons. The summed E-state index contributed by atoms with van der Waals surface area (Å²) in [5.41, 5.74) is 0. The molecule has 25 heavy (non-hydrogen) atoms. The van der Waals surface area contributed by atoms with Crippen LogP contribution in [0, 0.1) is 0 Å². The molecule has 2 fully saturated rings. The first-order valence-corrected chi connectivity index (χ1v) is 11.0. The quantitative estimate of drug-likeness (QED) is 0.149. The highest BCUT2D eigenvalue weighted by molar-refractivity contribution is 7.89. The first-order chi connectivity index (χ1) is 12.2. The van der Waals surface area contributed by atoms with Gasteiger partial charge in [0.25, 0.3) is 0 Å². The molecule has 0 atom stereocenters. The van der Waals surface area contributed by atoms with Crippen LogP contribution in [0.15, 0.2) is 0 Å². The maximum absolute atomic E-state index is 11.2. The zero-order valence-corrected chi connectivity index (χ0v) is 16.1. The van der Waals surface area contributed by atoms with Crippen molar-refractivity contribution >= 4 is 32.5 Å². The summed E-state index contributed by atoms with van der Waals surface area (Å²) >= 11 is 0.979. The molecule has 0 bridgehead atoms. The molecule has 10 nitrogen and oxygen atoms in total. The molecule has 0 aromatic heterocycles. The highest BCUT2D eigenvalue weighted by Gasteiger charge is 2.18. The number of hydrogen-bond acceptors (Lipinski definition) is 12.